The molecule has 0 saturated heterocycles. The summed E-state index contributed by atoms with van der Waals surface area (Å²) in [6, 6.07) is 6.35. The van der Waals surface area contributed by atoms with Crippen molar-refractivity contribution in [2.24, 2.45) is 5.92 Å². The van der Waals surface area contributed by atoms with Gasteiger partial charge in [0.05, 0.1) is 21.3 Å². The minimum absolute atomic E-state index is 0.106. The predicted octanol–water partition coefficient (Wildman–Crippen LogP) is 6.37. The monoisotopic (exact) mass is 495 g/mol. The fourth-order valence-corrected chi connectivity index (χ4v) is 3.44. The van der Waals surface area contributed by atoms with E-state index in [4.69, 9.17) is 28.3 Å². The SMILES string of the molecule is CC(C)CN(CC(=O)Nc1cc(C(C)(C)C)nn1C(C)(C)C)C(=O)Nc1ccc(Cl)c(Cl)c1. The maximum absolute atomic E-state index is 13.0. The van der Waals surface area contributed by atoms with Crippen molar-refractivity contribution in [3.63, 3.8) is 0 Å². The quantitative estimate of drug-likeness (QED) is 0.488. The van der Waals surface area contributed by atoms with Gasteiger partial charge in [-0.2, -0.15) is 5.10 Å². The van der Waals surface area contributed by atoms with Crippen LogP contribution in [0.1, 0.15) is 61.1 Å². The van der Waals surface area contributed by atoms with E-state index in [-0.39, 0.29) is 29.3 Å². The van der Waals surface area contributed by atoms with E-state index in [1.807, 2.05) is 45.4 Å². The second-order valence-electron chi connectivity index (χ2n) is 10.6. The van der Waals surface area contributed by atoms with E-state index in [1.165, 1.54) is 4.90 Å². The molecule has 7 nitrogen and oxygen atoms in total. The van der Waals surface area contributed by atoms with Crippen molar-refractivity contribution < 1.29 is 9.59 Å². The molecule has 1 heterocycles. The van der Waals surface area contributed by atoms with Crippen molar-refractivity contribution in [1.82, 2.24) is 14.7 Å². The molecule has 0 aliphatic carbocycles. The highest BCUT2D eigenvalue weighted by Gasteiger charge is 2.27. The maximum atomic E-state index is 13.0. The summed E-state index contributed by atoms with van der Waals surface area (Å²) >= 11 is 12.0. The van der Waals surface area contributed by atoms with Gasteiger partial charge in [-0.05, 0) is 44.9 Å². The molecule has 0 bridgehead atoms. The van der Waals surface area contributed by atoms with Gasteiger partial charge in [0.15, 0.2) is 0 Å². The zero-order valence-corrected chi connectivity index (χ0v) is 22.2. The molecule has 3 amide bonds. The Morgan fingerprint density at radius 3 is 2.18 bits per heavy atom. The number of urea groups is 1. The Bertz CT molecular complexity index is 1000. The average Bonchev–Trinajstić information content (AvgIpc) is 3.08. The van der Waals surface area contributed by atoms with E-state index in [1.54, 1.807) is 18.2 Å². The molecule has 2 rings (SSSR count). The van der Waals surface area contributed by atoms with Crippen LogP contribution in [0.15, 0.2) is 24.3 Å². The van der Waals surface area contributed by atoms with Crippen LogP contribution in [0.4, 0.5) is 16.3 Å². The number of benzene rings is 1. The fourth-order valence-electron chi connectivity index (χ4n) is 3.14. The molecule has 0 aliphatic rings. The topological polar surface area (TPSA) is 79.3 Å². The molecule has 2 aromatic rings. The predicted molar refractivity (Wildman–Crippen MR) is 136 cm³/mol. The van der Waals surface area contributed by atoms with Gasteiger partial charge < -0.3 is 15.5 Å². The van der Waals surface area contributed by atoms with E-state index in [2.05, 4.69) is 31.4 Å². The van der Waals surface area contributed by atoms with Crippen molar-refractivity contribution in [3.8, 4) is 0 Å². The minimum atomic E-state index is -0.392. The van der Waals surface area contributed by atoms with Crippen LogP contribution in [-0.2, 0) is 15.7 Å². The molecule has 2 N–H and O–H groups in total. The molecule has 0 aliphatic heterocycles. The highest BCUT2D eigenvalue weighted by molar-refractivity contribution is 6.42. The van der Waals surface area contributed by atoms with Crippen LogP contribution in [-0.4, -0.2) is 39.7 Å². The molecule has 0 spiro atoms. The Balaban J connectivity index is 2.21. The Morgan fingerprint density at radius 2 is 1.67 bits per heavy atom. The van der Waals surface area contributed by atoms with Crippen molar-refractivity contribution >= 4 is 46.6 Å². The molecule has 182 valence electrons. The number of nitrogens with one attached hydrogen (secondary N) is 2. The zero-order valence-electron chi connectivity index (χ0n) is 20.7. The second-order valence-corrected chi connectivity index (χ2v) is 11.4. The highest BCUT2D eigenvalue weighted by atomic mass is 35.5. The van der Waals surface area contributed by atoms with Gasteiger partial charge >= 0.3 is 6.03 Å². The molecule has 0 radical (unpaired) electrons. The van der Waals surface area contributed by atoms with Crippen molar-refractivity contribution in [1.29, 1.82) is 0 Å². The number of carbonyl (C=O) groups excluding carboxylic acids is 2. The molecular formula is C24H35Cl2N5O2. The summed E-state index contributed by atoms with van der Waals surface area (Å²) in [5.74, 6) is 0.475. The molecule has 1 aromatic carbocycles. The Morgan fingerprint density at radius 1 is 1.03 bits per heavy atom. The summed E-state index contributed by atoms with van der Waals surface area (Å²) in [5, 5.41) is 11.2. The van der Waals surface area contributed by atoms with Gasteiger partial charge in [-0.1, -0.05) is 57.8 Å². The maximum Gasteiger partial charge on any atom is 0.322 e. The second kappa shape index (κ2) is 10.3. The van der Waals surface area contributed by atoms with Crippen LogP contribution in [0, 0.1) is 5.92 Å². The molecule has 0 unspecified atom stereocenters. The number of nitrogens with zero attached hydrogens (tertiary/aromatic N) is 3. The summed E-state index contributed by atoms with van der Waals surface area (Å²) in [7, 11) is 0. The van der Waals surface area contributed by atoms with Gasteiger partial charge in [0.2, 0.25) is 5.91 Å². The number of aromatic nitrogens is 2. The number of anilines is 2. The minimum Gasteiger partial charge on any atom is -0.315 e. The molecule has 33 heavy (non-hydrogen) atoms. The third kappa shape index (κ3) is 7.64. The molecule has 1 aromatic heterocycles. The summed E-state index contributed by atoms with van der Waals surface area (Å²) in [5.41, 5.74) is 0.891. The lowest BCUT2D eigenvalue weighted by Gasteiger charge is -2.26. The number of halogens is 2. The Kier molecular flexibility index (Phi) is 8.47. The van der Waals surface area contributed by atoms with E-state index in [0.29, 0.717) is 28.1 Å². The molecular weight excluding hydrogens is 461 g/mol. The van der Waals surface area contributed by atoms with Gasteiger partial charge in [0.25, 0.3) is 0 Å². The van der Waals surface area contributed by atoms with Crippen LogP contribution in [0.25, 0.3) is 0 Å². The van der Waals surface area contributed by atoms with Gasteiger partial charge in [0, 0.05) is 23.7 Å². The standard InChI is InChI=1S/C24H35Cl2N5O2/c1-15(2)13-30(22(33)27-16-9-10-17(25)18(26)11-16)14-21(32)28-20-12-19(23(3,4)5)29-31(20)24(6,7)8/h9-12,15H,13-14H2,1-8H3,(H,27,33)(H,28,32). The summed E-state index contributed by atoms with van der Waals surface area (Å²) in [6.07, 6.45) is 0. The van der Waals surface area contributed by atoms with Crippen molar-refractivity contribution in [2.45, 2.75) is 66.3 Å². The van der Waals surface area contributed by atoms with E-state index in [9.17, 15) is 9.59 Å². The van der Waals surface area contributed by atoms with Gasteiger partial charge in [-0.3, -0.25) is 4.79 Å². The third-order valence-corrected chi connectivity index (χ3v) is 5.50. The lowest BCUT2D eigenvalue weighted by atomic mass is 9.92. The van der Waals surface area contributed by atoms with Crippen LogP contribution < -0.4 is 10.6 Å². The first-order valence-electron chi connectivity index (χ1n) is 11.0. The molecule has 0 fully saturated rings. The first kappa shape index (κ1) is 27.0. The first-order chi connectivity index (χ1) is 15.1. The number of hydrogen-bond donors (Lipinski definition) is 2. The van der Waals surface area contributed by atoms with Crippen molar-refractivity contribution in [2.75, 3.05) is 23.7 Å². The van der Waals surface area contributed by atoms with Crippen LogP contribution >= 0.6 is 23.2 Å². The highest BCUT2D eigenvalue weighted by Crippen LogP contribution is 2.28. The fraction of sp³-hybridized carbons (Fsp3) is 0.542. The third-order valence-electron chi connectivity index (χ3n) is 4.76. The summed E-state index contributed by atoms with van der Waals surface area (Å²) < 4.78 is 1.81. The van der Waals surface area contributed by atoms with Crippen molar-refractivity contribution in [3.05, 3.63) is 40.0 Å². The molecule has 0 saturated carbocycles. The van der Waals surface area contributed by atoms with E-state index >= 15 is 0 Å². The van der Waals surface area contributed by atoms with Crippen LogP contribution in [0.2, 0.25) is 10.0 Å². The van der Waals surface area contributed by atoms with Crippen LogP contribution in [0.5, 0.6) is 0 Å². The number of rotatable bonds is 6. The summed E-state index contributed by atoms with van der Waals surface area (Å²) in [6.45, 7) is 16.6. The largest absolute Gasteiger partial charge is 0.322 e. The van der Waals surface area contributed by atoms with E-state index in [0.717, 1.165) is 5.69 Å². The normalized spacial score (nSPS) is 12.1. The number of carbonyl (C=O) groups is 2. The molecule has 9 heteroatoms. The lowest BCUT2D eigenvalue weighted by Crippen LogP contribution is -2.43. The van der Waals surface area contributed by atoms with Gasteiger partial charge in [-0.15, -0.1) is 0 Å². The first-order valence-corrected chi connectivity index (χ1v) is 11.8. The Labute approximate surface area is 206 Å². The smallest absolute Gasteiger partial charge is 0.315 e. The average molecular weight is 496 g/mol. The summed E-state index contributed by atoms with van der Waals surface area (Å²) in [4.78, 5) is 27.4. The number of amides is 3. The molecule has 0 atom stereocenters. The zero-order chi connectivity index (χ0) is 25.1. The van der Waals surface area contributed by atoms with E-state index < -0.39 is 6.03 Å². The Hall–Kier alpha value is -2.25. The lowest BCUT2D eigenvalue weighted by molar-refractivity contribution is -0.116. The van der Waals surface area contributed by atoms with Gasteiger partial charge in [-0.25, -0.2) is 9.48 Å². The van der Waals surface area contributed by atoms with Gasteiger partial charge in [0.1, 0.15) is 12.4 Å². The number of hydrogen-bond acceptors (Lipinski definition) is 3. The van der Waals surface area contributed by atoms with Crippen LogP contribution in [0.3, 0.4) is 0 Å².